The third-order valence-corrected chi connectivity index (χ3v) is 44.2. The summed E-state index contributed by atoms with van der Waals surface area (Å²) in [5, 5.41) is 218. The molecule has 0 unspecified atom stereocenters. The summed E-state index contributed by atoms with van der Waals surface area (Å²) in [6.07, 6.45) is -15.1. The summed E-state index contributed by atoms with van der Waals surface area (Å²) in [7, 11) is -3.24. The summed E-state index contributed by atoms with van der Waals surface area (Å²) in [4.78, 5) is 0. The average Bonchev–Trinajstić information content (AvgIpc) is 1.56. The highest BCUT2D eigenvalue weighted by atomic mass is 31.1. The Morgan fingerprint density at radius 3 is 0.762 bits per heavy atom. The van der Waals surface area contributed by atoms with Crippen molar-refractivity contribution in [3.8, 4) is 0 Å². The molecule has 36 atom stereocenters. The fraction of sp³-hybridized carbons (Fsp3) is 0.806. The molecular weight excluding hydrogens is 1780 g/mol. The maximum atomic E-state index is 10.7. The number of rotatable bonds is 24. The first-order chi connectivity index (χ1) is 60.7. The van der Waals surface area contributed by atoms with Gasteiger partial charge in [-0.15, -0.1) is 0 Å². The summed E-state index contributed by atoms with van der Waals surface area (Å²) in [5.41, 5.74) is 0.960. The van der Waals surface area contributed by atoms with Crippen LogP contribution in [0.4, 0.5) is 0 Å². The van der Waals surface area contributed by atoms with Crippen LogP contribution in [-0.4, -0.2) is 396 Å². The van der Waals surface area contributed by atoms with Gasteiger partial charge in [0.05, 0.1) is 113 Å². The van der Waals surface area contributed by atoms with Gasteiger partial charge >= 0.3 is 0 Å². The SMILES string of the molecule is CC1(C)O[C@H]([C@H](O)CO)[C@@H]([C@H](O)CO)O1.CC1(C)O[C@H]([C@H]2COC(C)(C)O2)[C@@H]([C@H]2COC(C)(C)O2)O1.CC[C@@H](O)[C@H]1OC(C)(C)O[C@@H]1[C@H](O)CC.CC[C@H]1[C@@H](O)[C@H](O)[C@H](CC)P1c1ccccc1P1[C@@H](CC)[C@@H](O)[C@H](O)[C@@H]1CC.C[C@H]1[C@@H](O)[C@H](O)[C@H](C)P1c1ccccc1.C[C@H]1[C@@H](O)[C@H](O)[C@H](C)P1c1ccccc1P1[C@@H](C)[C@@H](O)[C@H](O)[C@@H]1C.OC[C@@H](O)[C@@H](O)[C@H](O)[C@H](O)CO. The second-order valence-corrected chi connectivity index (χ2v) is 52.0. The molecule has 37 heteroatoms. The Bertz CT molecular complexity index is 3480. The van der Waals surface area contributed by atoms with Gasteiger partial charge in [-0.3, -0.25) is 0 Å². The zero-order valence-corrected chi connectivity index (χ0v) is 84.4. The summed E-state index contributed by atoms with van der Waals surface area (Å²) in [6.45, 7) is 41.2. The second-order valence-electron chi connectivity index (χ2n) is 38.0. The number of ether oxygens (including phenoxy) is 10. The van der Waals surface area contributed by atoms with E-state index in [-0.39, 0.29) is 81.0 Å². The van der Waals surface area contributed by atoms with Gasteiger partial charge in [0.15, 0.2) is 28.9 Å². The number of hydrogen-bond donors (Lipinski definition) is 22. The molecule has 3 aromatic rings. The zero-order valence-electron chi connectivity index (χ0n) is 79.9. The molecule has 32 nitrogen and oxygen atoms in total. The first-order valence-electron chi connectivity index (χ1n) is 46.3. The largest absolute Gasteiger partial charge is 0.394 e. The smallest absolute Gasteiger partial charge is 0.164 e. The highest BCUT2D eigenvalue weighted by Gasteiger charge is 2.58. The van der Waals surface area contributed by atoms with Gasteiger partial charge in [-0.1, -0.05) is 202 Å². The maximum Gasteiger partial charge on any atom is 0.164 e. The fourth-order valence-electron chi connectivity index (χ4n) is 19.4. The second kappa shape index (κ2) is 50.3. The molecule has 10 aliphatic heterocycles. The Morgan fingerprint density at radius 1 is 0.292 bits per heavy atom. The van der Waals surface area contributed by atoms with E-state index in [9.17, 15) is 71.5 Å². The first kappa shape index (κ1) is 116. The Morgan fingerprint density at radius 2 is 0.531 bits per heavy atom. The van der Waals surface area contributed by atoms with E-state index in [1.165, 1.54) is 26.5 Å². The Balaban J connectivity index is 0.000000211. The van der Waals surface area contributed by atoms with Crippen molar-refractivity contribution in [2.45, 2.75) is 435 Å². The van der Waals surface area contributed by atoms with Gasteiger partial charge in [0.2, 0.25) is 0 Å². The van der Waals surface area contributed by atoms with Crippen LogP contribution in [-0.2, 0) is 47.4 Å². The van der Waals surface area contributed by atoms with Crippen molar-refractivity contribution < 1.29 is 160 Å². The van der Waals surface area contributed by atoms with E-state index in [2.05, 4.69) is 76.2 Å². The molecule has 0 aliphatic carbocycles. The van der Waals surface area contributed by atoms with E-state index >= 15 is 0 Å². The van der Waals surface area contributed by atoms with Crippen molar-refractivity contribution in [3.63, 3.8) is 0 Å². The molecule has 0 spiro atoms. The molecule has 750 valence electrons. The van der Waals surface area contributed by atoms with Crippen LogP contribution in [0.5, 0.6) is 0 Å². The Labute approximate surface area is 775 Å². The monoisotopic (exact) mass is 1940 g/mol. The lowest BCUT2D eigenvalue weighted by molar-refractivity contribution is -0.178. The van der Waals surface area contributed by atoms with Crippen molar-refractivity contribution in [2.75, 3.05) is 39.6 Å². The molecule has 10 heterocycles. The van der Waals surface area contributed by atoms with Crippen LogP contribution >= 0.6 is 39.6 Å². The van der Waals surface area contributed by atoms with Crippen molar-refractivity contribution in [1.82, 2.24) is 0 Å². The molecule has 0 radical (unpaired) electrons. The Hall–Kier alpha value is -1.47. The summed E-state index contributed by atoms with van der Waals surface area (Å²) in [5.74, 6) is -3.50. The third kappa shape index (κ3) is 27.7. The molecule has 0 saturated carbocycles. The number of aliphatic hydroxyl groups is 22. The van der Waals surface area contributed by atoms with Gasteiger partial charge in [-0.05, 0) is 134 Å². The van der Waals surface area contributed by atoms with E-state index in [0.717, 1.165) is 25.7 Å². The zero-order chi connectivity index (χ0) is 97.8. The molecule has 0 bridgehead atoms. The van der Waals surface area contributed by atoms with Crippen LogP contribution in [0.1, 0.15) is 191 Å². The van der Waals surface area contributed by atoms with Gasteiger partial charge in [0, 0.05) is 56.6 Å². The van der Waals surface area contributed by atoms with Crippen molar-refractivity contribution in [3.05, 3.63) is 78.9 Å². The molecule has 3 aromatic carbocycles. The predicted octanol–water partition coefficient (Wildman–Crippen LogP) is 2.20. The average molecular weight is 1950 g/mol. The van der Waals surface area contributed by atoms with Crippen LogP contribution in [0.3, 0.4) is 0 Å². The molecule has 130 heavy (non-hydrogen) atoms. The third-order valence-electron chi connectivity index (χ3n) is 26.5. The Kier molecular flexibility index (Phi) is 44.7. The number of hydrogen-bond acceptors (Lipinski definition) is 32. The van der Waals surface area contributed by atoms with Gasteiger partial charge in [0.1, 0.15) is 85.5 Å². The van der Waals surface area contributed by atoms with Crippen LogP contribution in [0.25, 0.3) is 0 Å². The molecular formula is C93H161O32P5. The summed E-state index contributed by atoms with van der Waals surface area (Å²) in [6, 6.07) is 27.0. The highest BCUT2D eigenvalue weighted by molar-refractivity contribution is 7.74. The van der Waals surface area contributed by atoms with Crippen LogP contribution in [0.15, 0.2) is 78.9 Å². The molecule has 0 aromatic heterocycles. The summed E-state index contributed by atoms with van der Waals surface area (Å²) >= 11 is 0. The topological polar surface area (TPSA) is 537 Å². The lowest BCUT2D eigenvalue weighted by Crippen LogP contribution is -2.46. The molecule has 10 fully saturated rings. The van der Waals surface area contributed by atoms with E-state index in [1.807, 2.05) is 127 Å². The molecule has 10 saturated heterocycles. The van der Waals surface area contributed by atoms with Gasteiger partial charge in [0.25, 0.3) is 0 Å². The number of benzene rings is 3. The number of aliphatic hydroxyl groups excluding tert-OH is 22. The van der Waals surface area contributed by atoms with E-state index in [4.69, 9.17) is 88.2 Å². The van der Waals surface area contributed by atoms with Gasteiger partial charge < -0.3 is 160 Å². The maximum absolute atomic E-state index is 10.7. The first-order valence-corrected chi connectivity index (χ1v) is 53.7. The van der Waals surface area contributed by atoms with Gasteiger partial charge in [-0.25, -0.2) is 0 Å². The van der Waals surface area contributed by atoms with Crippen molar-refractivity contribution in [1.29, 1.82) is 0 Å². The van der Waals surface area contributed by atoms with Crippen LogP contribution in [0.2, 0.25) is 0 Å². The minimum atomic E-state index is -1.67. The minimum absolute atomic E-state index is 0.0456. The normalized spacial score (nSPS) is 40.1. The van der Waals surface area contributed by atoms with E-state index in [0.29, 0.717) is 26.1 Å². The summed E-state index contributed by atoms with van der Waals surface area (Å²) < 4.78 is 57.2. The van der Waals surface area contributed by atoms with Gasteiger partial charge in [-0.2, -0.15) is 0 Å². The van der Waals surface area contributed by atoms with Crippen LogP contribution < -0.4 is 26.5 Å². The van der Waals surface area contributed by atoms with E-state index in [1.54, 1.807) is 27.7 Å². The van der Waals surface area contributed by atoms with Crippen molar-refractivity contribution >= 4 is 66.1 Å². The molecule has 13 rings (SSSR count). The van der Waals surface area contributed by atoms with Crippen molar-refractivity contribution in [2.24, 2.45) is 0 Å². The fourth-order valence-corrected chi connectivity index (χ4v) is 37.7. The highest BCUT2D eigenvalue weighted by Crippen LogP contribution is 2.63. The molecule has 0 amide bonds. The minimum Gasteiger partial charge on any atom is -0.394 e. The lowest BCUT2D eigenvalue weighted by atomic mass is 10.0. The standard InChI is InChI=1S/C22H36O4P2.C18H28O4P2.C15H26O6.C12H17O2P.C11H22O4.C9H18O6.C6H14O6/c1-5-13-19(23)20(24)14(6-2)27(13)17-11-9-10-12-18(17)28-15(7-3)21(25)22(26)16(28)8-4;1-9-15(19)16(20)10(2)23(9)13-7-5-6-8-14(13)24-11(3)17(21)18(22)12(24)4;1-13(2)16-7-9(18-13)11-12(21-15(5,6)20-11)10-8-17-14(3,4)19-10;1-8-11(13)12(14)9(2)15(8)10-6-4-3-5-7-10;1-5-7(12)9-10(8(13)6-2)15-11(3,4)14-9;1-9(2)14-7(5(12)3-10)8(15-9)6(13)4-11;7-1-3(9)5(11)6(12)4(10)2-8/h9-16,19-26H,5-8H2,1-4H3;5-12,15-22H,1-4H3;9-12H,7-8H2,1-6H3;3-9,11-14H,1-2H3;7-10,12-13H,5-6H2,1-4H3;5-8,10-13H,3-4H2,1-2H3;3-12H,1-2H2/t13-,14-,15-,16-,19+,20+,21+,22+;9-,10-,11-,12-,15+,16+,17+,18+;9-,10-,11-,12-;8-,9-,11+,12+;7-,8-,9-,10-;5-,6-,7-,8-;3-,4-,5-,6-/m0010111/s1. The molecule has 10 aliphatic rings. The predicted molar refractivity (Wildman–Crippen MR) is 504 cm³/mol. The van der Waals surface area contributed by atoms with Crippen LogP contribution in [0, 0.1) is 0 Å². The quantitative estimate of drug-likeness (QED) is 0.0572. The molecule has 22 N–H and O–H groups in total. The van der Waals surface area contributed by atoms with E-state index < -0.39 is 229 Å². The lowest BCUT2D eigenvalue weighted by Gasteiger charge is -2.33.